The molecule has 5 heteroatoms. The van der Waals surface area contributed by atoms with E-state index in [1.165, 1.54) is 11.8 Å². The van der Waals surface area contributed by atoms with Gasteiger partial charge in [0, 0.05) is 0 Å². The van der Waals surface area contributed by atoms with Crippen molar-refractivity contribution in [2.45, 2.75) is 12.3 Å². The number of nitrogens with two attached hydrogens (primary N) is 1. The third-order valence-electron chi connectivity index (χ3n) is 1.56. The van der Waals surface area contributed by atoms with E-state index in [2.05, 4.69) is 0 Å². The second-order valence-corrected chi connectivity index (χ2v) is 4.28. The molecular formula is C9H15N3OS. The molecule has 0 fully saturated rings. The second kappa shape index (κ2) is 5.07. The highest BCUT2D eigenvalue weighted by Gasteiger charge is 2.03. The number of furan rings is 1. The van der Waals surface area contributed by atoms with Gasteiger partial charge in [0.25, 0.3) is 0 Å². The van der Waals surface area contributed by atoms with Crippen molar-refractivity contribution in [3.8, 4) is 0 Å². The standard InChI is InChI=1S/C9H15N3OS/c1-12(2)5-7-3-4-8(13-7)6-14-9(10)11/h3-4H,5-6H2,1-2H3,(H3,10,11). The highest BCUT2D eigenvalue weighted by molar-refractivity contribution is 8.13. The van der Waals surface area contributed by atoms with E-state index in [0.717, 1.165) is 18.1 Å². The molecule has 0 unspecified atom stereocenters. The molecule has 0 aliphatic carbocycles. The third kappa shape index (κ3) is 3.85. The van der Waals surface area contributed by atoms with Gasteiger partial charge in [0.15, 0.2) is 5.17 Å². The van der Waals surface area contributed by atoms with E-state index in [1.54, 1.807) is 0 Å². The zero-order valence-electron chi connectivity index (χ0n) is 8.41. The van der Waals surface area contributed by atoms with E-state index in [9.17, 15) is 0 Å². The Morgan fingerprint density at radius 3 is 2.71 bits per heavy atom. The molecule has 0 spiro atoms. The molecule has 0 atom stereocenters. The maximum Gasteiger partial charge on any atom is 0.151 e. The number of amidine groups is 1. The molecule has 1 rings (SSSR count). The van der Waals surface area contributed by atoms with Crippen LogP contribution in [0.25, 0.3) is 0 Å². The van der Waals surface area contributed by atoms with Crippen molar-refractivity contribution in [3.63, 3.8) is 0 Å². The van der Waals surface area contributed by atoms with Gasteiger partial charge in [-0.25, -0.2) is 0 Å². The number of hydrogen-bond donors (Lipinski definition) is 2. The maximum absolute atomic E-state index is 7.05. The van der Waals surface area contributed by atoms with Crippen LogP contribution in [0.4, 0.5) is 0 Å². The summed E-state index contributed by atoms with van der Waals surface area (Å²) >= 11 is 1.27. The van der Waals surface area contributed by atoms with Crippen molar-refractivity contribution in [1.82, 2.24) is 4.90 Å². The summed E-state index contributed by atoms with van der Waals surface area (Å²) in [4.78, 5) is 2.04. The second-order valence-electron chi connectivity index (χ2n) is 3.26. The van der Waals surface area contributed by atoms with Crippen LogP contribution in [-0.4, -0.2) is 24.2 Å². The van der Waals surface area contributed by atoms with E-state index in [-0.39, 0.29) is 5.17 Å². The average Bonchev–Trinajstić information content (AvgIpc) is 2.47. The SMILES string of the molecule is CN(C)Cc1ccc(CSC(=N)N)o1. The van der Waals surface area contributed by atoms with Gasteiger partial charge in [-0.2, -0.15) is 0 Å². The normalized spacial score (nSPS) is 10.8. The first-order valence-corrected chi connectivity index (χ1v) is 5.25. The first-order valence-electron chi connectivity index (χ1n) is 4.27. The fraction of sp³-hybridized carbons (Fsp3) is 0.444. The van der Waals surface area contributed by atoms with Gasteiger partial charge >= 0.3 is 0 Å². The summed E-state index contributed by atoms with van der Waals surface area (Å²) < 4.78 is 5.53. The van der Waals surface area contributed by atoms with Crippen molar-refractivity contribution in [2.75, 3.05) is 14.1 Å². The lowest BCUT2D eigenvalue weighted by atomic mass is 10.4. The fourth-order valence-electron chi connectivity index (χ4n) is 1.05. The minimum absolute atomic E-state index is 0.121. The number of nitrogens with one attached hydrogen (secondary N) is 1. The first-order chi connectivity index (χ1) is 6.58. The highest BCUT2D eigenvalue weighted by atomic mass is 32.2. The number of hydrogen-bond acceptors (Lipinski definition) is 4. The predicted molar refractivity (Wildman–Crippen MR) is 59.3 cm³/mol. The van der Waals surface area contributed by atoms with Crippen LogP contribution in [0, 0.1) is 5.41 Å². The summed E-state index contributed by atoms with van der Waals surface area (Å²) in [7, 11) is 3.99. The van der Waals surface area contributed by atoms with Crippen molar-refractivity contribution in [3.05, 3.63) is 23.7 Å². The largest absolute Gasteiger partial charge is 0.464 e. The van der Waals surface area contributed by atoms with Crippen molar-refractivity contribution >= 4 is 16.9 Å². The highest BCUT2D eigenvalue weighted by Crippen LogP contribution is 2.15. The zero-order valence-corrected chi connectivity index (χ0v) is 9.23. The molecule has 0 aliphatic rings. The van der Waals surface area contributed by atoms with Gasteiger partial charge in [-0.15, -0.1) is 0 Å². The Kier molecular flexibility index (Phi) is 4.03. The van der Waals surface area contributed by atoms with Crippen molar-refractivity contribution in [1.29, 1.82) is 5.41 Å². The van der Waals surface area contributed by atoms with E-state index in [4.69, 9.17) is 15.6 Å². The first kappa shape index (κ1) is 11.1. The molecule has 1 heterocycles. The molecule has 1 aromatic heterocycles. The van der Waals surface area contributed by atoms with Gasteiger partial charge in [0.05, 0.1) is 12.3 Å². The maximum atomic E-state index is 7.05. The molecule has 4 nitrogen and oxygen atoms in total. The fourth-order valence-corrected chi connectivity index (χ4v) is 1.50. The molecule has 14 heavy (non-hydrogen) atoms. The Labute approximate surface area is 88.0 Å². The van der Waals surface area contributed by atoms with E-state index in [1.807, 2.05) is 31.1 Å². The topological polar surface area (TPSA) is 66.2 Å². The van der Waals surface area contributed by atoms with Crippen molar-refractivity contribution < 1.29 is 4.42 Å². The lowest BCUT2D eigenvalue weighted by Crippen LogP contribution is -2.09. The van der Waals surface area contributed by atoms with Crippen LogP contribution in [0.3, 0.4) is 0 Å². The number of thioether (sulfide) groups is 1. The lowest BCUT2D eigenvalue weighted by molar-refractivity contribution is 0.344. The molecule has 0 saturated heterocycles. The van der Waals surface area contributed by atoms with Gasteiger partial charge in [-0.05, 0) is 26.2 Å². The van der Waals surface area contributed by atoms with Crippen LogP contribution in [0.2, 0.25) is 0 Å². The Morgan fingerprint density at radius 2 is 2.14 bits per heavy atom. The molecule has 0 saturated carbocycles. The molecule has 0 aliphatic heterocycles. The summed E-state index contributed by atoms with van der Waals surface area (Å²) in [5, 5.41) is 7.18. The van der Waals surface area contributed by atoms with Crippen LogP contribution >= 0.6 is 11.8 Å². The third-order valence-corrected chi connectivity index (χ3v) is 2.30. The van der Waals surface area contributed by atoms with Gasteiger partial charge in [-0.3, -0.25) is 5.41 Å². The summed E-state index contributed by atoms with van der Waals surface area (Å²) in [6, 6.07) is 3.88. The Morgan fingerprint density at radius 1 is 1.50 bits per heavy atom. The average molecular weight is 213 g/mol. The molecular weight excluding hydrogens is 198 g/mol. The molecule has 0 radical (unpaired) electrons. The zero-order chi connectivity index (χ0) is 10.6. The van der Waals surface area contributed by atoms with Crippen LogP contribution in [0.15, 0.2) is 16.5 Å². The smallest absolute Gasteiger partial charge is 0.151 e. The van der Waals surface area contributed by atoms with Crippen LogP contribution in [-0.2, 0) is 12.3 Å². The summed E-state index contributed by atoms with van der Waals surface area (Å²) in [5.74, 6) is 2.43. The summed E-state index contributed by atoms with van der Waals surface area (Å²) in [5.41, 5.74) is 5.22. The van der Waals surface area contributed by atoms with Gasteiger partial charge in [0.1, 0.15) is 11.5 Å². The monoisotopic (exact) mass is 213 g/mol. The molecule has 0 bridgehead atoms. The minimum atomic E-state index is 0.121. The quantitative estimate of drug-likeness (QED) is 0.587. The molecule has 0 aromatic carbocycles. The Balaban J connectivity index is 2.46. The van der Waals surface area contributed by atoms with E-state index < -0.39 is 0 Å². The Bertz CT molecular complexity index is 309. The minimum Gasteiger partial charge on any atom is -0.464 e. The van der Waals surface area contributed by atoms with E-state index in [0.29, 0.717) is 5.75 Å². The molecule has 78 valence electrons. The van der Waals surface area contributed by atoms with Crippen molar-refractivity contribution in [2.24, 2.45) is 5.73 Å². The molecule has 1 aromatic rings. The molecule has 0 amide bonds. The summed E-state index contributed by atoms with van der Waals surface area (Å²) in [6.07, 6.45) is 0. The van der Waals surface area contributed by atoms with Crippen LogP contribution in [0.1, 0.15) is 11.5 Å². The predicted octanol–water partition coefficient (Wildman–Crippen LogP) is 1.47. The summed E-state index contributed by atoms with van der Waals surface area (Å²) in [6.45, 7) is 0.796. The van der Waals surface area contributed by atoms with Gasteiger partial charge in [0.2, 0.25) is 0 Å². The van der Waals surface area contributed by atoms with Gasteiger partial charge < -0.3 is 15.1 Å². The number of nitrogens with zero attached hydrogens (tertiary/aromatic N) is 1. The molecule has 3 N–H and O–H groups in total. The number of rotatable bonds is 4. The Hall–Kier alpha value is -0.940. The van der Waals surface area contributed by atoms with Crippen LogP contribution < -0.4 is 5.73 Å². The van der Waals surface area contributed by atoms with E-state index >= 15 is 0 Å². The van der Waals surface area contributed by atoms with Gasteiger partial charge in [-0.1, -0.05) is 11.8 Å². The van der Waals surface area contributed by atoms with Crippen LogP contribution in [0.5, 0.6) is 0 Å². The lowest BCUT2D eigenvalue weighted by Gasteiger charge is -2.05.